The van der Waals surface area contributed by atoms with E-state index in [9.17, 15) is 8.78 Å². The summed E-state index contributed by atoms with van der Waals surface area (Å²) in [6, 6.07) is 0. The highest BCUT2D eigenvalue weighted by Gasteiger charge is 2.24. The van der Waals surface area contributed by atoms with Crippen LogP contribution in [0.25, 0.3) is 0 Å². The van der Waals surface area contributed by atoms with Crippen LogP contribution in [0.15, 0.2) is 0 Å². The standard InChI is InChI=1S/C8H15F2NO/c1-8(9,10)6-12-7-2-4-11-5-3-7/h7,11H,2-6H2,1H3. The van der Waals surface area contributed by atoms with Crippen molar-refractivity contribution in [3.05, 3.63) is 0 Å². The molecular weight excluding hydrogens is 164 g/mol. The van der Waals surface area contributed by atoms with Gasteiger partial charge in [0, 0.05) is 6.92 Å². The fourth-order valence-corrected chi connectivity index (χ4v) is 1.23. The molecule has 0 saturated carbocycles. The van der Waals surface area contributed by atoms with Crippen LogP contribution in [0.2, 0.25) is 0 Å². The van der Waals surface area contributed by atoms with Crippen molar-refractivity contribution in [1.29, 1.82) is 0 Å². The van der Waals surface area contributed by atoms with Gasteiger partial charge < -0.3 is 10.1 Å². The molecule has 0 unspecified atom stereocenters. The van der Waals surface area contributed by atoms with Crippen LogP contribution < -0.4 is 5.32 Å². The van der Waals surface area contributed by atoms with Gasteiger partial charge in [-0.3, -0.25) is 0 Å². The quantitative estimate of drug-likeness (QED) is 0.707. The molecule has 1 aliphatic rings. The molecule has 4 heteroatoms. The minimum atomic E-state index is -2.69. The molecule has 1 rings (SSSR count). The van der Waals surface area contributed by atoms with E-state index in [0.29, 0.717) is 0 Å². The van der Waals surface area contributed by atoms with Crippen molar-refractivity contribution in [2.24, 2.45) is 0 Å². The van der Waals surface area contributed by atoms with Crippen LogP contribution >= 0.6 is 0 Å². The molecule has 1 N–H and O–H groups in total. The lowest BCUT2D eigenvalue weighted by molar-refractivity contribution is -0.0925. The van der Waals surface area contributed by atoms with E-state index < -0.39 is 12.5 Å². The molecule has 0 amide bonds. The molecule has 0 aromatic carbocycles. The second kappa shape index (κ2) is 4.14. The predicted molar refractivity (Wildman–Crippen MR) is 42.5 cm³/mol. The maximum atomic E-state index is 12.3. The molecular formula is C8H15F2NO. The smallest absolute Gasteiger partial charge is 0.268 e. The number of rotatable bonds is 3. The Balaban J connectivity index is 2.13. The molecule has 0 aliphatic carbocycles. The average Bonchev–Trinajstić information content (AvgIpc) is 2.02. The number of alkyl halides is 2. The Morgan fingerprint density at radius 2 is 2.00 bits per heavy atom. The zero-order valence-electron chi connectivity index (χ0n) is 7.28. The molecule has 1 heterocycles. The monoisotopic (exact) mass is 179 g/mol. The summed E-state index contributed by atoms with van der Waals surface area (Å²) in [6.07, 6.45) is 1.71. The lowest BCUT2D eigenvalue weighted by atomic mass is 10.1. The Morgan fingerprint density at radius 1 is 1.42 bits per heavy atom. The summed E-state index contributed by atoms with van der Waals surface area (Å²) in [5, 5.41) is 3.14. The van der Waals surface area contributed by atoms with Crippen molar-refractivity contribution in [2.75, 3.05) is 19.7 Å². The number of hydrogen-bond acceptors (Lipinski definition) is 2. The SMILES string of the molecule is CC(F)(F)COC1CCNCC1. The molecule has 0 atom stereocenters. The Hall–Kier alpha value is -0.220. The molecule has 12 heavy (non-hydrogen) atoms. The van der Waals surface area contributed by atoms with Gasteiger partial charge in [0.2, 0.25) is 0 Å². The van der Waals surface area contributed by atoms with Crippen LogP contribution in [0.1, 0.15) is 19.8 Å². The summed E-state index contributed by atoms with van der Waals surface area (Å²) in [4.78, 5) is 0. The first-order valence-electron chi connectivity index (χ1n) is 4.28. The van der Waals surface area contributed by atoms with E-state index in [4.69, 9.17) is 4.74 Å². The fraction of sp³-hybridized carbons (Fsp3) is 1.00. The van der Waals surface area contributed by atoms with Crippen molar-refractivity contribution < 1.29 is 13.5 Å². The van der Waals surface area contributed by atoms with Gasteiger partial charge in [-0.1, -0.05) is 0 Å². The Bertz CT molecular complexity index is 130. The molecule has 0 aromatic rings. The van der Waals surface area contributed by atoms with E-state index in [0.717, 1.165) is 32.9 Å². The van der Waals surface area contributed by atoms with E-state index in [-0.39, 0.29) is 6.10 Å². The third-order valence-electron chi connectivity index (χ3n) is 1.86. The predicted octanol–water partition coefficient (Wildman–Crippen LogP) is 1.41. The van der Waals surface area contributed by atoms with Crippen molar-refractivity contribution in [3.8, 4) is 0 Å². The zero-order valence-corrected chi connectivity index (χ0v) is 7.28. The van der Waals surface area contributed by atoms with Crippen LogP contribution in [0.4, 0.5) is 8.78 Å². The van der Waals surface area contributed by atoms with Gasteiger partial charge in [0.15, 0.2) is 0 Å². The lowest BCUT2D eigenvalue weighted by Gasteiger charge is -2.24. The molecule has 0 radical (unpaired) electrons. The highest BCUT2D eigenvalue weighted by atomic mass is 19.3. The van der Waals surface area contributed by atoms with E-state index in [1.165, 1.54) is 0 Å². The number of piperidine rings is 1. The minimum Gasteiger partial charge on any atom is -0.372 e. The first kappa shape index (κ1) is 9.86. The first-order valence-corrected chi connectivity index (χ1v) is 4.28. The third-order valence-corrected chi connectivity index (χ3v) is 1.86. The maximum absolute atomic E-state index is 12.3. The van der Waals surface area contributed by atoms with Crippen molar-refractivity contribution in [2.45, 2.75) is 31.8 Å². The van der Waals surface area contributed by atoms with Gasteiger partial charge in [0.05, 0.1) is 6.10 Å². The minimum absolute atomic E-state index is 0.0251. The Kier molecular flexibility index (Phi) is 3.40. The highest BCUT2D eigenvalue weighted by molar-refractivity contribution is 4.69. The molecule has 1 fully saturated rings. The van der Waals surface area contributed by atoms with Gasteiger partial charge in [0.1, 0.15) is 6.61 Å². The lowest BCUT2D eigenvalue weighted by Crippen LogP contribution is -2.34. The van der Waals surface area contributed by atoms with Crippen molar-refractivity contribution in [3.63, 3.8) is 0 Å². The highest BCUT2D eigenvalue weighted by Crippen LogP contribution is 2.15. The first-order chi connectivity index (χ1) is 5.58. The average molecular weight is 179 g/mol. The van der Waals surface area contributed by atoms with Crippen molar-refractivity contribution >= 4 is 0 Å². The number of hydrogen-bond donors (Lipinski definition) is 1. The van der Waals surface area contributed by atoms with E-state index >= 15 is 0 Å². The van der Waals surface area contributed by atoms with Gasteiger partial charge >= 0.3 is 0 Å². The van der Waals surface area contributed by atoms with E-state index in [2.05, 4.69) is 5.32 Å². The number of halogens is 2. The van der Waals surface area contributed by atoms with Gasteiger partial charge in [-0.05, 0) is 25.9 Å². The van der Waals surface area contributed by atoms with Gasteiger partial charge in [-0.15, -0.1) is 0 Å². The Morgan fingerprint density at radius 3 is 2.50 bits per heavy atom. The summed E-state index contributed by atoms with van der Waals surface area (Å²) < 4.78 is 29.7. The third kappa shape index (κ3) is 3.97. The van der Waals surface area contributed by atoms with Crippen LogP contribution in [-0.4, -0.2) is 31.7 Å². The maximum Gasteiger partial charge on any atom is 0.268 e. The summed E-state index contributed by atoms with van der Waals surface area (Å²) in [6.45, 7) is 2.19. The van der Waals surface area contributed by atoms with E-state index in [1.54, 1.807) is 0 Å². The van der Waals surface area contributed by atoms with Crippen LogP contribution in [0, 0.1) is 0 Å². The van der Waals surface area contributed by atoms with E-state index in [1.807, 2.05) is 0 Å². The normalized spacial score (nSPS) is 21.2. The molecule has 0 spiro atoms. The summed E-state index contributed by atoms with van der Waals surface area (Å²) in [5.74, 6) is -2.69. The van der Waals surface area contributed by atoms with Crippen molar-refractivity contribution in [1.82, 2.24) is 5.32 Å². The van der Waals surface area contributed by atoms with Gasteiger partial charge in [-0.25, -0.2) is 8.78 Å². The largest absolute Gasteiger partial charge is 0.372 e. The second-order valence-corrected chi connectivity index (χ2v) is 3.33. The molecule has 0 aromatic heterocycles. The molecule has 72 valence electrons. The van der Waals surface area contributed by atoms with Crippen LogP contribution in [0.3, 0.4) is 0 Å². The number of ether oxygens (including phenoxy) is 1. The van der Waals surface area contributed by atoms with Gasteiger partial charge in [0.25, 0.3) is 5.92 Å². The Labute approximate surface area is 71.3 Å². The fourth-order valence-electron chi connectivity index (χ4n) is 1.23. The summed E-state index contributed by atoms with van der Waals surface area (Å²) >= 11 is 0. The van der Waals surface area contributed by atoms with Crippen LogP contribution in [-0.2, 0) is 4.74 Å². The second-order valence-electron chi connectivity index (χ2n) is 3.33. The van der Waals surface area contributed by atoms with Crippen LogP contribution in [0.5, 0.6) is 0 Å². The molecule has 1 saturated heterocycles. The molecule has 1 aliphatic heterocycles. The molecule has 0 bridgehead atoms. The zero-order chi connectivity index (χ0) is 9.03. The summed E-state index contributed by atoms with van der Waals surface area (Å²) in [7, 11) is 0. The summed E-state index contributed by atoms with van der Waals surface area (Å²) in [5.41, 5.74) is 0. The topological polar surface area (TPSA) is 21.3 Å². The van der Waals surface area contributed by atoms with Gasteiger partial charge in [-0.2, -0.15) is 0 Å². The molecule has 2 nitrogen and oxygen atoms in total. The number of nitrogens with one attached hydrogen (secondary N) is 1.